The molecule has 0 aliphatic rings. The maximum absolute atomic E-state index is 10.3. The third-order valence-corrected chi connectivity index (χ3v) is 2.31. The summed E-state index contributed by atoms with van der Waals surface area (Å²) in [5.74, 6) is 0. The van der Waals surface area contributed by atoms with Gasteiger partial charge < -0.3 is 9.84 Å². The van der Waals surface area contributed by atoms with Crippen molar-refractivity contribution in [3.63, 3.8) is 0 Å². The maximum atomic E-state index is 10.3. The monoisotopic (exact) mass is 192 g/mol. The van der Waals surface area contributed by atoms with Crippen LogP contribution in [0.25, 0.3) is 0 Å². The fourth-order valence-corrected chi connectivity index (χ4v) is 1.38. The normalized spacial score (nSPS) is 14.8. The van der Waals surface area contributed by atoms with Crippen LogP contribution in [0, 0.1) is 0 Å². The molecule has 76 valence electrons. The Balaban J connectivity index is 3.06. The number of benzene rings is 1. The second kappa shape index (κ2) is 4.40. The topological polar surface area (TPSA) is 29.5 Å². The average molecular weight is 192 g/mol. The van der Waals surface area contributed by atoms with Gasteiger partial charge in [-0.3, -0.25) is 0 Å². The summed E-state index contributed by atoms with van der Waals surface area (Å²) in [5, 5.41) is 10.3. The lowest BCUT2D eigenvalue weighted by molar-refractivity contribution is -0.00606. The Morgan fingerprint density at radius 1 is 1.43 bits per heavy atom. The van der Waals surface area contributed by atoms with E-state index >= 15 is 0 Å². The molecule has 0 saturated carbocycles. The Hall–Kier alpha value is -1.12. The number of methoxy groups -OCH3 is 1. The summed E-state index contributed by atoms with van der Waals surface area (Å²) >= 11 is 0. The largest absolute Gasteiger partial charge is 0.381 e. The molecule has 1 N–H and O–H groups in total. The molecule has 0 saturated heterocycles. The molecule has 0 bridgehead atoms. The van der Waals surface area contributed by atoms with Gasteiger partial charge in [-0.25, -0.2) is 0 Å². The highest BCUT2D eigenvalue weighted by atomic mass is 16.5. The van der Waals surface area contributed by atoms with E-state index in [1.165, 1.54) is 0 Å². The Bertz CT molecular complexity index is 305. The van der Waals surface area contributed by atoms with E-state index in [9.17, 15) is 5.11 Å². The fraction of sp³-hybridized carbons (Fsp3) is 0.333. The van der Waals surface area contributed by atoms with Gasteiger partial charge in [0.25, 0.3) is 0 Å². The van der Waals surface area contributed by atoms with Gasteiger partial charge in [-0.05, 0) is 18.1 Å². The first-order valence-electron chi connectivity index (χ1n) is 4.54. The zero-order valence-electron chi connectivity index (χ0n) is 8.66. The van der Waals surface area contributed by atoms with Crippen LogP contribution < -0.4 is 0 Å². The number of hydrogen-bond acceptors (Lipinski definition) is 2. The lowest BCUT2D eigenvalue weighted by atomic mass is 9.88. The van der Waals surface area contributed by atoms with E-state index < -0.39 is 5.60 Å². The smallest absolute Gasteiger partial charge is 0.133 e. The Morgan fingerprint density at radius 3 is 2.43 bits per heavy atom. The molecule has 0 aromatic heterocycles. The van der Waals surface area contributed by atoms with Gasteiger partial charge in [0.15, 0.2) is 0 Å². The summed E-state index contributed by atoms with van der Waals surface area (Å²) in [5.41, 5.74) is 0.427. The molecule has 0 fully saturated rings. The van der Waals surface area contributed by atoms with Crippen molar-refractivity contribution in [2.45, 2.75) is 12.5 Å². The van der Waals surface area contributed by atoms with Crippen LogP contribution in [0.4, 0.5) is 0 Å². The molecule has 0 aliphatic carbocycles. The molecule has 14 heavy (non-hydrogen) atoms. The van der Waals surface area contributed by atoms with Crippen molar-refractivity contribution >= 4 is 0 Å². The van der Waals surface area contributed by atoms with Crippen LogP contribution >= 0.6 is 0 Å². The summed E-state index contributed by atoms with van der Waals surface area (Å²) in [6.07, 6.45) is 0. The van der Waals surface area contributed by atoms with Gasteiger partial charge in [-0.1, -0.05) is 36.9 Å². The Labute approximate surface area is 84.8 Å². The molecular weight excluding hydrogens is 176 g/mol. The van der Waals surface area contributed by atoms with E-state index in [2.05, 4.69) is 6.58 Å². The first-order valence-corrected chi connectivity index (χ1v) is 4.54. The molecular formula is C12H16O2. The standard InChI is InChI=1S/C12H16O2/c1-10(2)12(13,9-14-3)11-7-5-4-6-8-11/h4-8,13H,1,9H2,2-3H3. The summed E-state index contributed by atoms with van der Waals surface area (Å²) < 4.78 is 5.01. The minimum absolute atomic E-state index is 0.229. The van der Waals surface area contributed by atoms with E-state index in [0.29, 0.717) is 5.57 Å². The quantitative estimate of drug-likeness (QED) is 0.740. The van der Waals surface area contributed by atoms with Crippen LogP contribution in [0.3, 0.4) is 0 Å². The highest BCUT2D eigenvalue weighted by Gasteiger charge is 2.29. The van der Waals surface area contributed by atoms with Crippen molar-refractivity contribution in [1.82, 2.24) is 0 Å². The van der Waals surface area contributed by atoms with Gasteiger partial charge in [0.05, 0.1) is 6.61 Å². The molecule has 0 radical (unpaired) electrons. The van der Waals surface area contributed by atoms with E-state index in [1.54, 1.807) is 14.0 Å². The molecule has 1 unspecified atom stereocenters. The molecule has 0 aliphatic heterocycles. The highest BCUT2D eigenvalue weighted by molar-refractivity contribution is 5.30. The van der Waals surface area contributed by atoms with Crippen molar-refractivity contribution in [3.8, 4) is 0 Å². The minimum Gasteiger partial charge on any atom is -0.381 e. The van der Waals surface area contributed by atoms with Crippen LogP contribution in [0.15, 0.2) is 42.5 Å². The average Bonchev–Trinajstić information content (AvgIpc) is 2.19. The van der Waals surface area contributed by atoms with Crippen molar-refractivity contribution in [1.29, 1.82) is 0 Å². The molecule has 2 heteroatoms. The van der Waals surface area contributed by atoms with Crippen molar-refractivity contribution < 1.29 is 9.84 Å². The van der Waals surface area contributed by atoms with Crippen molar-refractivity contribution in [3.05, 3.63) is 48.0 Å². The SMILES string of the molecule is C=C(C)C(O)(COC)c1ccccc1. The van der Waals surface area contributed by atoms with Gasteiger partial charge in [-0.2, -0.15) is 0 Å². The minimum atomic E-state index is -1.07. The molecule has 0 amide bonds. The van der Waals surface area contributed by atoms with E-state index in [0.717, 1.165) is 5.56 Å². The summed E-state index contributed by atoms with van der Waals surface area (Å²) in [4.78, 5) is 0. The first-order chi connectivity index (χ1) is 6.61. The molecule has 1 rings (SSSR count). The number of aliphatic hydroxyl groups is 1. The summed E-state index contributed by atoms with van der Waals surface area (Å²) in [6.45, 7) is 5.82. The molecule has 1 aromatic carbocycles. The number of hydrogen-bond donors (Lipinski definition) is 1. The molecule has 0 spiro atoms. The van der Waals surface area contributed by atoms with Crippen LogP contribution in [-0.2, 0) is 10.3 Å². The summed E-state index contributed by atoms with van der Waals surface area (Å²) in [6, 6.07) is 9.42. The van der Waals surface area contributed by atoms with Crippen LogP contribution in [0.1, 0.15) is 12.5 Å². The van der Waals surface area contributed by atoms with E-state index in [1.807, 2.05) is 30.3 Å². The summed E-state index contributed by atoms with van der Waals surface area (Å²) in [7, 11) is 1.57. The maximum Gasteiger partial charge on any atom is 0.133 e. The zero-order chi connectivity index (χ0) is 10.6. The third kappa shape index (κ3) is 2.03. The molecule has 1 atom stereocenters. The number of rotatable bonds is 4. The lowest BCUT2D eigenvalue weighted by Crippen LogP contribution is -2.32. The van der Waals surface area contributed by atoms with Gasteiger partial charge >= 0.3 is 0 Å². The predicted octanol–water partition coefficient (Wildman–Crippen LogP) is 2.10. The van der Waals surface area contributed by atoms with E-state index in [4.69, 9.17) is 4.74 Å². The molecule has 2 nitrogen and oxygen atoms in total. The molecule has 1 aromatic rings. The van der Waals surface area contributed by atoms with Gasteiger partial charge in [0.1, 0.15) is 5.60 Å². The third-order valence-electron chi connectivity index (χ3n) is 2.31. The van der Waals surface area contributed by atoms with Crippen LogP contribution in [0.5, 0.6) is 0 Å². The van der Waals surface area contributed by atoms with Gasteiger partial charge in [0.2, 0.25) is 0 Å². The van der Waals surface area contributed by atoms with Crippen LogP contribution in [0.2, 0.25) is 0 Å². The Morgan fingerprint density at radius 2 is 2.00 bits per heavy atom. The fourth-order valence-electron chi connectivity index (χ4n) is 1.38. The van der Waals surface area contributed by atoms with Gasteiger partial charge in [-0.15, -0.1) is 0 Å². The van der Waals surface area contributed by atoms with Gasteiger partial charge in [0, 0.05) is 7.11 Å². The lowest BCUT2D eigenvalue weighted by Gasteiger charge is -2.28. The van der Waals surface area contributed by atoms with Crippen LogP contribution in [-0.4, -0.2) is 18.8 Å². The second-order valence-electron chi connectivity index (χ2n) is 3.44. The molecule has 0 heterocycles. The highest BCUT2D eigenvalue weighted by Crippen LogP contribution is 2.28. The second-order valence-corrected chi connectivity index (χ2v) is 3.44. The van der Waals surface area contributed by atoms with Crippen molar-refractivity contribution in [2.24, 2.45) is 0 Å². The van der Waals surface area contributed by atoms with E-state index in [-0.39, 0.29) is 6.61 Å². The first kappa shape index (κ1) is 11.0. The van der Waals surface area contributed by atoms with Crippen molar-refractivity contribution in [2.75, 3.05) is 13.7 Å². The Kier molecular flexibility index (Phi) is 3.44. The predicted molar refractivity (Wildman–Crippen MR) is 57.0 cm³/mol. The number of ether oxygens (including phenoxy) is 1. The zero-order valence-corrected chi connectivity index (χ0v) is 8.66.